The van der Waals surface area contributed by atoms with E-state index in [1.165, 1.54) is 35.2 Å². The number of sulfonamides is 1. The lowest BCUT2D eigenvalue weighted by Gasteiger charge is -2.15. The highest BCUT2D eigenvalue weighted by Crippen LogP contribution is 2.18. The zero-order chi connectivity index (χ0) is 17.0. The van der Waals surface area contributed by atoms with Crippen LogP contribution in [-0.4, -0.2) is 38.2 Å². The molecule has 0 aliphatic heterocycles. The molecule has 0 spiro atoms. The van der Waals surface area contributed by atoms with E-state index in [2.05, 4.69) is 4.40 Å². The van der Waals surface area contributed by atoms with Gasteiger partial charge in [0.2, 0.25) is 0 Å². The molecule has 0 amide bonds. The Bertz CT molecular complexity index is 846. The van der Waals surface area contributed by atoms with Crippen molar-refractivity contribution >= 4 is 21.5 Å². The second-order valence-corrected chi connectivity index (χ2v) is 6.51. The van der Waals surface area contributed by atoms with Gasteiger partial charge in [0.1, 0.15) is 5.84 Å². The number of nitro groups is 1. The van der Waals surface area contributed by atoms with Gasteiger partial charge in [-0.1, -0.05) is 30.3 Å². The third-order valence-corrected chi connectivity index (χ3v) is 4.27. The molecule has 0 bridgehead atoms. The van der Waals surface area contributed by atoms with Crippen LogP contribution < -0.4 is 0 Å². The third-order valence-electron chi connectivity index (χ3n) is 2.99. The van der Waals surface area contributed by atoms with Gasteiger partial charge in [-0.25, -0.2) is 0 Å². The van der Waals surface area contributed by atoms with Gasteiger partial charge in [0.25, 0.3) is 15.7 Å². The van der Waals surface area contributed by atoms with Crippen LogP contribution in [0.25, 0.3) is 0 Å². The summed E-state index contributed by atoms with van der Waals surface area (Å²) in [6.07, 6.45) is 0. The first-order valence-electron chi connectivity index (χ1n) is 6.63. The molecule has 0 aliphatic carbocycles. The molecule has 0 radical (unpaired) electrons. The Labute approximate surface area is 134 Å². The molecule has 23 heavy (non-hydrogen) atoms. The normalized spacial score (nSPS) is 12.0. The summed E-state index contributed by atoms with van der Waals surface area (Å²) in [6.45, 7) is 0. The second kappa shape index (κ2) is 6.57. The molecule has 120 valence electrons. The summed E-state index contributed by atoms with van der Waals surface area (Å²) in [5.74, 6) is 0.123. The smallest absolute Gasteiger partial charge is 0.284 e. The maximum atomic E-state index is 12.4. The summed E-state index contributed by atoms with van der Waals surface area (Å²) in [4.78, 5) is 11.9. The number of hydrogen-bond acceptors (Lipinski definition) is 4. The van der Waals surface area contributed by atoms with Crippen molar-refractivity contribution in [1.29, 1.82) is 0 Å². The van der Waals surface area contributed by atoms with Crippen molar-refractivity contribution in [2.75, 3.05) is 14.1 Å². The molecule has 0 saturated heterocycles. The van der Waals surface area contributed by atoms with Gasteiger partial charge >= 0.3 is 0 Å². The monoisotopic (exact) mass is 333 g/mol. The first-order chi connectivity index (χ1) is 10.8. The molecule has 0 N–H and O–H groups in total. The van der Waals surface area contributed by atoms with Crippen molar-refractivity contribution in [3.8, 4) is 0 Å². The number of nitro benzene ring substituents is 1. The SMILES string of the molecule is CN(C)/C(=N\S(=O)(=O)c1ccccc1)c1cccc([N+](=O)[O-])c1. The highest BCUT2D eigenvalue weighted by atomic mass is 32.2. The van der Waals surface area contributed by atoms with E-state index in [0.717, 1.165) is 0 Å². The van der Waals surface area contributed by atoms with Crippen LogP contribution in [0.4, 0.5) is 5.69 Å². The summed E-state index contributed by atoms with van der Waals surface area (Å²) in [5.41, 5.74) is 0.220. The van der Waals surface area contributed by atoms with Gasteiger partial charge in [0.15, 0.2) is 0 Å². The number of hydrogen-bond donors (Lipinski definition) is 0. The summed E-state index contributed by atoms with van der Waals surface area (Å²) < 4.78 is 28.6. The predicted molar refractivity (Wildman–Crippen MR) is 86.9 cm³/mol. The largest absolute Gasteiger partial charge is 0.362 e. The Morgan fingerprint density at radius 3 is 2.30 bits per heavy atom. The van der Waals surface area contributed by atoms with E-state index in [1.807, 2.05) is 0 Å². The molecule has 0 aromatic heterocycles. The van der Waals surface area contributed by atoms with E-state index < -0.39 is 14.9 Å². The molecule has 0 atom stereocenters. The van der Waals surface area contributed by atoms with Crippen LogP contribution >= 0.6 is 0 Å². The van der Waals surface area contributed by atoms with Gasteiger partial charge in [-0.2, -0.15) is 8.42 Å². The molecule has 0 saturated carbocycles. The topological polar surface area (TPSA) is 92.9 Å². The van der Waals surface area contributed by atoms with Crippen LogP contribution in [0.2, 0.25) is 0 Å². The highest BCUT2D eigenvalue weighted by molar-refractivity contribution is 7.90. The van der Waals surface area contributed by atoms with Crippen molar-refractivity contribution in [1.82, 2.24) is 4.90 Å². The van der Waals surface area contributed by atoms with E-state index in [-0.39, 0.29) is 16.4 Å². The Morgan fingerprint density at radius 1 is 1.09 bits per heavy atom. The number of rotatable bonds is 4. The lowest BCUT2D eigenvalue weighted by Crippen LogP contribution is -2.24. The summed E-state index contributed by atoms with van der Waals surface area (Å²) in [7, 11) is -0.663. The van der Waals surface area contributed by atoms with Crippen LogP contribution in [0.5, 0.6) is 0 Å². The lowest BCUT2D eigenvalue weighted by molar-refractivity contribution is -0.384. The average molecular weight is 333 g/mol. The molecule has 0 heterocycles. The van der Waals surface area contributed by atoms with Gasteiger partial charge in [0.05, 0.1) is 9.82 Å². The van der Waals surface area contributed by atoms with Crippen molar-refractivity contribution in [3.63, 3.8) is 0 Å². The van der Waals surface area contributed by atoms with E-state index >= 15 is 0 Å². The predicted octanol–water partition coefficient (Wildman–Crippen LogP) is 2.29. The summed E-state index contributed by atoms with van der Waals surface area (Å²) >= 11 is 0. The van der Waals surface area contributed by atoms with E-state index in [0.29, 0.717) is 5.56 Å². The summed E-state index contributed by atoms with van der Waals surface area (Å²) in [6, 6.07) is 13.5. The molecule has 2 aromatic carbocycles. The van der Waals surface area contributed by atoms with Crippen molar-refractivity contribution in [3.05, 3.63) is 70.3 Å². The standard InChI is InChI=1S/C15H15N3O4S/c1-17(2)15(12-7-6-8-13(11-12)18(19)20)16-23(21,22)14-9-4-3-5-10-14/h3-11H,1-2H3/b16-15-. The lowest BCUT2D eigenvalue weighted by atomic mass is 10.2. The molecule has 2 rings (SSSR count). The van der Waals surface area contributed by atoms with Crippen molar-refractivity contribution in [2.45, 2.75) is 4.90 Å². The van der Waals surface area contributed by atoms with Crippen LogP contribution in [0.15, 0.2) is 63.9 Å². The Hall–Kier alpha value is -2.74. The molecule has 2 aromatic rings. The van der Waals surface area contributed by atoms with Crippen molar-refractivity contribution in [2.24, 2.45) is 4.40 Å². The molecule has 0 unspecified atom stereocenters. The average Bonchev–Trinajstić information content (AvgIpc) is 2.53. The zero-order valence-corrected chi connectivity index (χ0v) is 13.4. The fourth-order valence-electron chi connectivity index (χ4n) is 1.91. The zero-order valence-electron chi connectivity index (χ0n) is 12.6. The number of amidine groups is 1. The minimum Gasteiger partial charge on any atom is -0.362 e. The molecule has 0 aliphatic rings. The first-order valence-corrected chi connectivity index (χ1v) is 8.07. The fourth-order valence-corrected chi connectivity index (χ4v) is 3.01. The van der Waals surface area contributed by atoms with Gasteiger partial charge in [0, 0.05) is 31.8 Å². The maximum Gasteiger partial charge on any atom is 0.284 e. The molecular weight excluding hydrogens is 318 g/mol. The first kappa shape index (κ1) is 16.6. The van der Waals surface area contributed by atoms with Crippen LogP contribution in [-0.2, 0) is 10.0 Å². The van der Waals surface area contributed by atoms with Gasteiger partial charge in [-0.05, 0) is 12.1 Å². The van der Waals surface area contributed by atoms with Crippen molar-refractivity contribution < 1.29 is 13.3 Å². The van der Waals surface area contributed by atoms with Gasteiger partial charge < -0.3 is 4.90 Å². The Morgan fingerprint density at radius 2 is 1.74 bits per heavy atom. The minimum absolute atomic E-state index is 0.0600. The number of benzene rings is 2. The Kier molecular flexibility index (Phi) is 4.75. The molecule has 7 nitrogen and oxygen atoms in total. The fraction of sp³-hybridized carbons (Fsp3) is 0.133. The second-order valence-electron chi connectivity index (χ2n) is 4.90. The Balaban J connectivity index is 2.55. The van der Waals surface area contributed by atoms with Gasteiger partial charge in [-0.15, -0.1) is 4.40 Å². The van der Waals surface area contributed by atoms with Crippen LogP contribution in [0.3, 0.4) is 0 Å². The molecule has 0 fully saturated rings. The van der Waals surface area contributed by atoms with E-state index in [4.69, 9.17) is 0 Å². The van der Waals surface area contributed by atoms with Crippen LogP contribution in [0, 0.1) is 10.1 Å². The minimum atomic E-state index is -3.91. The van der Waals surface area contributed by atoms with Crippen LogP contribution in [0.1, 0.15) is 5.56 Å². The van der Waals surface area contributed by atoms with Gasteiger partial charge in [-0.3, -0.25) is 10.1 Å². The van der Waals surface area contributed by atoms with E-state index in [9.17, 15) is 18.5 Å². The number of non-ortho nitro benzene ring substituents is 1. The quantitative estimate of drug-likeness (QED) is 0.370. The van der Waals surface area contributed by atoms with E-state index in [1.54, 1.807) is 38.4 Å². The molecule has 8 heteroatoms. The third kappa shape index (κ3) is 3.92. The number of nitrogens with zero attached hydrogens (tertiary/aromatic N) is 3. The molecular formula is C15H15N3O4S. The maximum absolute atomic E-state index is 12.4. The summed E-state index contributed by atoms with van der Waals surface area (Å²) in [5, 5.41) is 10.9. The highest BCUT2D eigenvalue weighted by Gasteiger charge is 2.18.